The molecule has 1 unspecified atom stereocenters. The summed E-state index contributed by atoms with van der Waals surface area (Å²) in [6, 6.07) is 3.29. The van der Waals surface area contributed by atoms with E-state index in [1.54, 1.807) is 19.1 Å². The van der Waals surface area contributed by atoms with Crippen LogP contribution in [0.25, 0.3) is 0 Å². The number of rotatable bonds is 3. The first-order valence-corrected chi connectivity index (χ1v) is 4.44. The van der Waals surface area contributed by atoms with Gasteiger partial charge in [0.15, 0.2) is 5.22 Å². The molecule has 13 heavy (non-hydrogen) atoms. The van der Waals surface area contributed by atoms with Gasteiger partial charge in [-0.15, -0.1) is 11.8 Å². The average Bonchev–Trinajstić information content (AvgIpc) is 2.52. The van der Waals surface area contributed by atoms with Crippen molar-refractivity contribution < 1.29 is 9.52 Å². The zero-order valence-electron chi connectivity index (χ0n) is 7.38. The standard InChI is InChI=1S/C10H11ClO2/c1-2-3-4-5-8(12)9-6-7-10(11)13-9/h6-8,12H,4-5H2,1H3. The minimum absolute atomic E-state index is 0.302. The van der Waals surface area contributed by atoms with Crippen LogP contribution < -0.4 is 0 Å². The molecule has 0 aromatic carbocycles. The maximum absolute atomic E-state index is 9.54. The van der Waals surface area contributed by atoms with Crippen LogP contribution in [0, 0.1) is 11.8 Å². The van der Waals surface area contributed by atoms with Gasteiger partial charge in [0.25, 0.3) is 0 Å². The summed E-state index contributed by atoms with van der Waals surface area (Å²) < 4.78 is 5.04. The normalized spacial score (nSPS) is 11.9. The van der Waals surface area contributed by atoms with Gasteiger partial charge in [-0.3, -0.25) is 0 Å². The fourth-order valence-corrected chi connectivity index (χ4v) is 1.14. The van der Waals surface area contributed by atoms with Crippen LogP contribution in [0.1, 0.15) is 31.6 Å². The number of hydrogen-bond donors (Lipinski definition) is 1. The molecule has 0 saturated carbocycles. The first-order chi connectivity index (χ1) is 6.24. The molecule has 1 rings (SSSR count). The Morgan fingerprint density at radius 3 is 2.92 bits per heavy atom. The lowest BCUT2D eigenvalue weighted by Crippen LogP contribution is -1.94. The molecule has 1 aromatic heterocycles. The number of aliphatic hydroxyl groups excluding tert-OH is 1. The highest BCUT2D eigenvalue weighted by molar-refractivity contribution is 6.28. The molecule has 1 heterocycles. The van der Waals surface area contributed by atoms with E-state index in [1.807, 2.05) is 0 Å². The Kier molecular flexibility index (Phi) is 3.88. The Labute approximate surface area is 82.5 Å². The lowest BCUT2D eigenvalue weighted by Gasteiger charge is -2.03. The van der Waals surface area contributed by atoms with E-state index in [0.29, 0.717) is 23.8 Å². The Balaban J connectivity index is 2.47. The first kappa shape index (κ1) is 10.2. The maximum Gasteiger partial charge on any atom is 0.193 e. The number of hydrogen-bond acceptors (Lipinski definition) is 2. The van der Waals surface area contributed by atoms with Crippen LogP contribution in [0.3, 0.4) is 0 Å². The molecule has 0 amide bonds. The van der Waals surface area contributed by atoms with Crippen molar-refractivity contribution in [2.75, 3.05) is 0 Å². The minimum atomic E-state index is -0.603. The van der Waals surface area contributed by atoms with Crippen molar-refractivity contribution in [2.45, 2.75) is 25.9 Å². The molecular weight excluding hydrogens is 188 g/mol. The summed E-state index contributed by atoms with van der Waals surface area (Å²) in [5, 5.41) is 9.84. The molecule has 0 fully saturated rings. The van der Waals surface area contributed by atoms with Crippen molar-refractivity contribution in [3.63, 3.8) is 0 Å². The lowest BCUT2D eigenvalue weighted by molar-refractivity contribution is 0.142. The van der Waals surface area contributed by atoms with E-state index < -0.39 is 6.10 Å². The second-order valence-corrected chi connectivity index (χ2v) is 3.00. The Bertz CT molecular complexity index is 319. The molecule has 0 aliphatic rings. The molecule has 0 aliphatic heterocycles. The van der Waals surface area contributed by atoms with Crippen molar-refractivity contribution in [1.82, 2.24) is 0 Å². The highest BCUT2D eigenvalue weighted by Crippen LogP contribution is 2.22. The quantitative estimate of drug-likeness (QED) is 0.758. The zero-order chi connectivity index (χ0) is 9.68. The van der Waals surface area contributed by atoms with Crippen LogP contribution in [0.2, 0.25) is 5.22 Å². The number of furan rings is 1. The van der Waals surface area contributed by atoms with Crippen LogP contribution in [-0.4, -0.2) is 5.11 Å². The molecule has 0 bridgehead atoms. The lowest BCUT2D eigenvalue weighted by atomic mass is 10.1. The topological polar surface area (TPSA) is 33.4 Å². The molecule has 0 radical (unpaired) electrons. The SMILES string of the molecule is CC#CCCC(O)c1ccc(Cl)o1. The molecule has 2 nitrogen and oxygen atoms in total. The van der Waals surface area contributed by atoms with Crippen molar-refractivity contribution in [3.05, 3.63) is 23.1 Å². The van der Waals surface area contributed by atoms with Crippen molar-refractivity contribution in [2.24, 2.45) is 0 Å². The molecule has 3 heteroatoms. The highest BCUT2D eigenvalue weighted by atomic mass is 35.5. The van der Waals surface area contributed by atoms with E-state index in [0.717, 1.165) is 0 Å². The number of halogens is 1. The molecule has 1 aromatic rings. The predicted octanol–water partition coefficient (Wildman–Crippen LogP) is 2.77. The van der Waals surface area contributed by atoms with Gasteiger partial charge < -0.3 is 9.52 Å². The monoisotopic (exact) mass is 198 g/mol. The van der Waals surface area contributed by atoms with Gasteiger partial charge in [-0.1, -0.05) is 0 Å². The van der Waals surface area contributed by atoms with Gasteiger partial charge in [-0.25, -0.2) is 0 Å². The van der Waals surface area contributed by atoms with Gasteiger partial charge in [0.05, 0.1) is 0 Å². The van der Waals surface area contributed by atoms with Crippen LogP contribution >= 0.6 is 11.6 Å². The summed E-state index contributed by atoms with van der Waals surface area (Å²) >= 11 is 5.56. The molecule has 0 spiro atoms. The summed E-state index contributed by atoms with van der Waals surface area (Å²) in [6.45, 7) is 1.77. The first-order valence-electron chi connectivity index (χ1n) is 4.07. The fourth-order valence-electron chi connectivity index (χ4n) is 0.984. The predicted molar refractivity (Wildman–Crippen MR) is 51.4 cm³/mol. The van der Waals surface area contributed by atoms with Crippen LogP contribution in [0.5, 0.6) is 0 Å². The van der Waals surface area contributed by atoms with Crippen LogP contribution in [0.15, 0.2) is 16.5 Å². The van der Waals surface area contributed by atoms with E-state index in [-0.39, 0.29) is 0 Å². The smallest absolute Gasteiger partial charge is 0.193 e. The van der Waals surface area contributed by atoms with E-state index in [9.17, 15) is 5.11 Å². The minimum Gasteiger partial charge on any atom is -0.447 e. The van der Waals surface area contributed by atoms with Gasteiger partial charge in [0.1, 0.15) is 11.9 Å². The number of aliphatic hydroxyl groups is 1. The maximum atomic E-state index is 9.54. The Morgan fingerprint density at radius 2 is 2.38 bits per heavy atom. The second kappa shape index (κ2) is 4.96. The van der Waals surface area contributed by atoms with Crippen LogP contribution in [-0.2, 0) is 0 Å². The largest absolute Gasteiger partial charge is 0.447 e. The Morgan fingerprint density at radius 1 is 1.62 bits per heavy atom. The molecule has 70 valence electrons. The second-order valence-electron chi connectivity index (χ2n) is 2.62. The average molecular weight is 199 g/mol. The summed E-state index contributed by atoms with van der Waals surface area (Å²) in [5.74, 6) is 6.14. The summed E-state index contributed by atoms with van der Waals surface area (Å²) in [5.41, 5.74) is 0. The summed E-state index contributed by atoms with van der Waals surface area (Å²) in [4.78, 5) is 0. The van der Waals surface area contributed by atoms with Gasteiger partial charge >= 0.3 is 0 Å². The van der Waals surface area contributed by atoms with Gasteiger partial charge in [-0.05, 0) is 37.1 Å². The van der Waals surface area contributed by atoms with E-state index in [2.05, 4.69) is 11.8 Å². The highest BCUT2D eigenvalue weighted by Gasteiger charge is 2.10. The van der Waals surface area contributed by atoms with Crippen molar-refractivity contribution in [1.29, 1.82) is 0 Å². The van der Waals surface area contributed by atoms with Crippen LogP contribution in [0.4, 0.5) is 0 Å². The third kappa shape index (κ3) is 3.14. The molecule has 1 N–H and O–H groups in total. The van der Waals surface area contributed by atoms with Gasteiger partial charge in [0.2, 0.25) is 0 Å². The van der Waals surface area contributed by atoms with Crippen molar-refractivity contribution in [3.8, 4) is 11.8 Å². The zero-order valence-corrected chi connectivity index (χ0v) is 8.14. The molecule has 1 atom stereocenters. The van der Waals surface area contributed by atoms with Gasteiger partial charge in [0, 0.05) is 6.42 Å². The van der Waals surface area contributed by atoms with E-state index >= 15 is 0 Å². The molecule has 0 aliphatic carbocycles. The van der Waals surface area contributed by atoms with Gasteiger partial charge in [-0.2, -0.15) is 0 Å². The van der Waals surface area contributed by atoms with E-state index in [1.165, 1.54) is 0 Å². The van der Waals surface area contributed by atoms with Crippen molar-refractivity contribution >= 4 is 11.6 Å². The van der Waals surface area contributed by atoms with E-state index in [4.69, 9.17) is 16.0 Å². The fraction of sp³-hybridized carbons (Fsp3) is 0.400. The summed E-state index contributed by atoms with van der Waals surface area (Å²) in [7, 11) is 0. The summed E-state index contributed by atoms with van der Waals surface area (Å²) in [6.07, 6.45) is 0.633. The molecular formula is C10H11ClO2. The third-order valence-corrected chi connectivity index (χ3v) is 1.85. The third-order valence-electron chi connectivity index (χ3n) is 1.64. The Hall–Kier alpha value is -0.910. The molecule has 0 saturated heterocycles.